The Morgan fingerprint density at radius 2 is 1.69 bits per heavy atom. The van der Waals surface area contributed by atoms with Gasteiger partial charge in [0.2, 0.25) is 0 Å². The molecule has 1 heterocycles. The second kappa shape index (κ2) is 4.40. The normalized spacial score (nSPS) is 10.8. The maximum atomic E-state index is 5.77. The van der Waals surface area contributed by atoms with Gasteiger partial charge in [-0.15, -0.1) is 0 Å². The molecule has 2 heteroatoms. The van der Waals surface area contributed by atoms with Crippen LogP contribution in [0.5, 0.6) is 0 Å². The lowest BCUT2D eigenvalue weighted by Crippen LogP contribution is -1.98. The first-order valence-corrected chi connectivity index (χ1v) is 6.41. The Bertz CT molecular complexity index is 488. The minimum atomic E-state index is 0.617. The summed E-state index contributed by atoms with van der Waals surface area (Å²) in [7, 11) is 0. The quantitative estimate of drug-likeness (QED) is 0.836. The number of aryl methyl sites for hydroxylation is 3. The average molecular weight is 231 g/mol. The van der Waals surface area contributed by atoms with E-state index in [2.05, 4.69) is 43.7 Å². The van der Waals surface area contributed by atoms with Crippen LogP contribution in [-0.4, -0.2) is 0 Å². The van der Waals surface area contributed by atoms with Crippen molar-refractivity contribution in [3.63, 3.8) is 0 Å². The van der Waals surface area contributed by atoms with Crippen molar-refractivity contribution in [3.8, 4) is 11.1 Å². The van der Waals surface area contributed by atoms with Crippen molar-refractivity contribution in [1.82, 2.24) is 0 Å². The zero-order valence-corrected chi connectivity index (χ0v) is 10.8. The Hall–Kier alpha value is -1.12. The molecule has 0 unspecified atom stereocenters. The molecule has 0 amide bonds. The lowest BCUT2D eigenvalue weighted by molar-refractivity contribution is 1.08. The summed E-state index contributed by atoms with van der Waals surface area (Å²) < 4.78 is 0. The van der Waals surface area contributed by atoms with Gasteiger partial charge >= 0.3 is 0 Å². The van der Waals surface area contributed by atoms with Gasteiger partial charge in [-0.1, -0.05) is 17.7 Å². The molecule has 1 aromatic heterocycles. The van der Waals surface area contributed by atoms with Gasteiger partial charge in [-0.2, -0.15) is 11.3 Å². The second-order valence-corrected chi connectivity index (χ2v) is 5.03. The Kier molecular flexibility index (Phi) is 3.13. The molecule has 0 fully saturated rings. The van der Waals surface area contributed by atoms with Crippen LogP contribution < -0.4 is 5.73 Å². The Morgan fingerprint density at radius 1 is 1.06 bits per heavy atom. The molecule has 0 spiro atoms. The third kappa shape index (κ3) is 1.91. The molecule has 0 bridgehead atoms. The van der Waals surface area contributed by atoms with Gasteiger partial charge in [-0.3, -0.25) is 0 Å². The molecule has 84 valence electrons. The molecule has 1 aromatic carbocycles. The largest absolute Gasteiger partial charge is 0.326 e. The highest BCUT2D eigenvalue weighted by Gasteiger charge is 2.10. The highest BCUT2D eigenvalue weighted by molar-refractivity contribution is 7.08. The van der Waals surface area contributed by atoms with Gasteiger partial charge in [-0.25, -0.2) is 0 Å². The summed E-state index contributed by atoms with van der Waals surface area (Å²) in [5.41, 5.74) is 13.7. The van der Waals surface area contributed by atoms with Crippen molar-refractivity contribution in [1.29, 1.82) is 0 Å². The van der Waals surface area contributed by atoms with E-state index in [-0.39, 0.29) is 0 Å². The van der Waals surface area contributed by atoms with Crippen LogP contribution >= 0.6 is 11.3 Å². The van der Waals surface area contributed by atoms with Gasteiger partial charge in [0.25, 0.3) is 0 Å². The maximum Gasteiger partial charge on any atom is 0.0192 e. The van der Waals surface area contributed by atoms with Gasteiger partial charge < -0.3 is 5.73 Å². The smallest absolute Gasteiger partial charge is 0.0192 e. The van der Waals surface area contributed by atoms with Crippen LogP contribution in [0.25, 0.3) is 11.1 Å². The molecule has 2 aromatic rings. The number of thiophene rings is 1. The summed E-state index contributed by atoms with van der Waals surface area (Å²) in [6, 6.07) is 4.47. The molecule has 0 aliphatic heterocycles. The summed E-state index contributed by atoms with van der Waals surface area (Å²) in [6.45, 7) is 7.10. The molecular weight excluding hydrogens is 214 g/mol. The molecule has 0 aliphatic carbocycles. The standard InChI is InChI=1S/C14H17NS/c1-9-4-10(2)14(11(3)5-9)13-8-16-7-12(13)6-15/h4-5,7-8H,6,15H2,1-3H3. The Labute approximate surface area is 101 Å². The van der Waals surface area contributed by atoms with Crippen molar-refractivity contribution < 1.29 is 0 Å². The highest BCUT2D eigenvalue weighted by Crippen LogP contribution is 2.33. The van der Waals surface area contributed by atoms with Crippen LogP contribution in [-0.2, 0) is 6.54 Å². The van der Waals surface area contributed by atoms with E-state index >= 15 is 0 Å². The second-order valence-electron chi connectivity index (χ2n) is 4.29. The lowest BCUT2D eigenvalue weighted by Gasteiger charge is -2.11. The highest BCUT2D eigenvalue weighted by atomic mass is 32.1. The first kappa shape index (κ1) is 11.4. The molecule has 0 saturated carbocycles. The van der Waals surface area contributed by atoms with Gasteiger partial charge in [0.15, 0.2) is 0 Å². The van der Waals surface area contributed by atoms with E-state index in [1.807, 2.05) is 0 Å². The van der Waals surface area contributed by atoms with E-state index in [4.69, 9.17) is 5.73 Å². The fourth-order valence-electron chi connectivity index (χ4n) is 2.31. The minimum absolute atomic E-state index is 0.617. The predicted molar refractivity (Wildman–Crippen MR) is 71.9 cm³/mol. The van der Waals surface area contributed by atoms with Gasteiger partial charge in [0.05, 0.1) is 0 Å². The molecule has 2 rings (SSSR count). The van der Waals surface area contributed by atoms with E-state index in [0.29, 0.717) is 6.54 Å². The average Bonchev–Trinajstić information content (AvgIpc) is 2.64. The van der Waals surface area contributed by atoms with Crippen molar-refractivity contribution >= 4 is 11.3 Å². The van der Waals surface area contributed by atoms with Crippen molar-refractivity contribution in [2.24, 2.45) is 5.73 Å². The number of hydrogen-bond acceptors (Lipinski definition) is 2. The number of hydrogen-bond donors (Lipinski definition) is 1. The molecule has 0 saturated heterocycles. The van der Waals surface area contributed by atoms with Crippen molar-refractivity contribution in [3.05, 3.63) is 45.1 Å². The predicted octanol–water partition coefficient (Wildman–Crippen LogP) is 3.80. The Morgan fingerprint density at radius 3 is 2.25 bits per heavy atom. The number of rotatable bonds is 2. The molecular formula is C14H17NS. The van der Waals surface area contributed by atoms with E-state index < -0.39 is 0 Å². The molecule has 0 radical (unpaired) electrons. The summed E-state index contributed by atoms with van der Waals surface area (Å²) in [4.78, 5) is 0. The molecule has 0 atom stereocenters. The van der Waals surface area contributed by atoms with Gasteiger partial charge in [0.1, 0.15) is 0 Å². The zero-order valence-electron chi connectivity index (χ0n) is 10.0. The van der Waals surface area contributed by atoms with E-state index in [0.717, 1.165) is 0 Å². The van der Waals surface area contributed by atoms with Gasteiger partial charge in [0, 0.05) is 6.54 Å². The van der Waals surface area contributed by atoms with E-state index in [1.54, 1.807) is 11.3 Å². The number of nitrogens with two attached hydrogens (primary N) is 1. The maximum absolute atomic E-state index is 5.77. The lowest BCUT2D eigenvalue weighted by atomic mass is 9.93. The Balaban J connectivity index is 2.64. The molecule has 2 N–H and O–H groups in total. The van der Waals surface area contributed by atoms with Crippen LogP contribution in [0.2, 0.25) is 0 Å². The fourth-order valence-corrected chi connectivity index (χ4v) is 3.17. The molecule has 0 aliphatic rings. The first-order chi connectivity index (χ1) is 7.63. The molecule has 16 heavy (non-hydrogen) atoms. The van der Waals surface area contributed by atoms with Crippen LogP contribution in [0, 0.1) is 20.8 Å². The van der Waals surface area contributed by atoms with Crippen LogP contribution in [0.3, 0.4) is 0 Å². The van der Waals surface area contributed by atoms with Gasteiger partial charge in [-0.05, 0) is 59.3 Å². The SMILES string of the molecule is Cc1cc(C)c(-c2cscc2CN)c(C)c1. The van der Waals surface area contributed by atoms with E-state index in [9.17, 15) is 0 Å². The fraction of sp³-hybridized carbons (Fsp3) is 0.286. The topological polar surface area (TPSA) is 26.0 Å². The van der Waals surface area contributed by atoms with Crippen molar-refractivity contribution in [2.75, 3.05) is 0 Å². The third-order valence-corrected chi connectivity index (χ3v) is 3.70. The number of benzene rings is 1. The summed E-state index contributed by atoms with van der Waals surface area (Å²) in [5.74, 6) is 0. The zero-order chi connectivity index (χ0) is 11.7. The minimum Gasteiger partial charge on any atom is -0.326 e. The summed E-state index contributed by atoms with van der Waals surface area (Å²) in [6.07, 6.45) is 0. The third-order valence-electron chi connectivity index (χ3n) is 2.91. The van der Waals surface area contributed by atoms with Crippen molar-refractivity contribution in [2.45, 2.75) is 27.3 Å². The van der Waals surface area contributed by atoms with Crippen LogP contribution in [0.15, 0.2) is 22.9 Å². The monoisotopic (exact) mass is 231 g/mol. The summed E-state index contributed by atoms with van der Waals surface area (Å²) in [5, 5.41) is 4.35. The van der Waals surface area contributed by atoms with Crippen LogP contribution in [0.4, 0.5) is 0 Å². The first-order valence-electron chi connectivity index (χ1n) is 5.47. The van der Waals surface area contributed by atoms with E-state index in [1.165, 1.54) is 33.4 Å². The summed E-state index contributed by atoms with van der Waals surface area (Å²) >= 11 is 1.73. The molecule has 1 nitrogen and oxygen atoms in total. The van der Waals surface area contributed by atoms with Crippen LogP contribution in [0.1, 0.15) is 22.3 Å².